The summed E-state index contributed by atoms with van der Waals surface area (Å²) in [5.41, 5.74) is 3.93. The lowest BCUT2D eigenvalue weighted by molar-refractivity contribution is -0.150. The Hall–Kier alpha value is -3.53. The fourth-order valence-electron chi connectivity index (χ4n) is 3.56. The molecule has 2 aromatic rings. The molecule has 1 aliphatic rings. The predicted octanol–water partition coefficient (Wildman–Crippen LogP) is 2.11. The fourth-order valence-corrected chi connectivity index (χ4v) is 3.56. The minimum absolute atomic E-state index is 0.0881. The van der Waals surface area contributed by atoms with E-state index in [1.165, 1.54) is 0 Å². The average Bonchev–Trinajstić information content (AvgIpc) is 3.09. The van der Waals surface area contributed by atoms with Crippen LogP contribution in [0.5, 0.6) is 0 Å². The van der Waals surface area contributed by atoms with Gasteiger partial charge in [-0.25, -0.2) is 9.59 Å². The molecule has 0 radical (unpaired) electrons. The van der Waals surface area contributed by atoms with Crippen molar-refractivity contribution in [2.45, 2.75) is 24.3 Å². The smallest absolute Gasteiger partial charge is 0.407 e. The van der Waals surface area contributed by atoms with Crippen LogP contribution in [0.1, 0.15) is 23.5 Å². The number of aliphatic carboxylic acids is 1. The van der Waals surface area contributed by atoms with Crippen molar-refractivity contribution in [3.8, 4) is 11.1 Å². The number of carbonyl (C=O) groups is 3. The number of alkyl halides is 2. The second-order valence-corrected chi connectivity index (χ2v) is 7.26. The number of nitrogens with one attached hydrogen (secondary N) is 2. The first-order chi connectivity index (χ1) is 15.2. The molecule has 0 aliphatic heterocycles. The molecule has 0 saturated heterocycles. The van der Waals surface area contributed by atoms with Crippen molar-refractivity contribution in [2.75, 3.05) is 19.8 Å². The van der Waals surface area contributed by atoms with Gasteiger partial charge in [0.1, 0.15) is 12.6 Å². The van der Waals surface area contributed by atoms with Crippen molar-refractivity contribution in [3.63, 3.8) is 0 Å². The van der Waals surface area contributed by atoms with Crippen molar-refractivity contribution in [2.24, 2.45) is 0 Å². The highest BCUT2D eigenvalue weighted by Gasteiger charge is 2.41. The van der Waals surface area contributed by atoms with Crippen LogP contribution in [0.2, 0.25) is 0 Å². The quantitative estimate of drug-likeness (QED) is 0.466. The van der Waals surface area contributed by atoms with Crippen LogP contribution >= 0.6 is 0 Å². The SMILES string of the molecule is O=C(NCC(F)(F)C(=O)N[C@H](CCO)C(=O)O)OCC1c2ccccc2-c2ccccc21. The molecule has 1 aliphatic carbocycles. The Morgan fingerprint density at radius 1 is 1.03 bits per heavy atom. The number of amides is 2. The van der Waals surface area contributed by atoms with Crippen molar-refractivity contribution in [3.05, 3.63) is 59.7 Å². The van der Waals surface area contributed by atoms with Crippen LogP contribution in [0.15, 0.2) is 48.5 Å². The van der Waals surface area contributed by atoms with Crippen LogP contribution in [0.3, 0.4) is 0 Å². The van der Waals surface area contributed by atoms with Gasteiger partial charge in [-0.1, -0.05) is 48.5 Å². The largest absolute Gasteiger partial charge is 0.480 e. The van der Waals surface area contributed by atoms with Crippen molar-refractivity contribution >= 4 is 18.0 Å². The predicted molar refractivity (Wildman–Crippen MR) is 109 cm³/mol. The summed E-state index contributed by atoms with van der Waals surface area (Å²) in [5, 5.41) is 21.1. The summed E-state index contributed by atoms with van der Waals surface area (Å²) in [6, 6.07) is 13.6. The van der Waals surface area contributed by atoms with E-state index in [0.29, 0.717) is 0 Å². The molecule has 10 heteroatoms. The first-order valence-corrected chi connectivity index (χ1v) is 9.86. The fraction of sp³-hybridized carbons (Fsp3) is 0.318. The normalized spacial score (nSPS) is 13.6. The monoisotopic (exact) mass is 448 g/mol. The molecule has 2 aromatic carbocycles. The number of fused-ring (bicyclic) bond motifs is 3. The molecule has 0 saturated carbocycles. The van der Waals surface area contributed by atoms with Gasteiger partial charge in [0.05, 0.1) is 6.54 Å². The zero-order chi connectivity index (χ0) is 23.3. The molecular weight excluding hydrogens is 426 g/mol. The van der Waals surface area contributed by atoms with Crippen LogP contribution < -0.4 is 10.6 Å². The van der Waals surface area contributed by atoms with Gasteiger partial charge < -0.3 is 25.6 Å². The van der Waals surface area contributed by atoms with E-state index in [1.54, 1.807) is 5.32 Å². The number of aliphatic hydroxyl groups is 1. The number of benzene rings is 2. The van der Waals surface area contributed by atoms with E-state index in [4.69, 9.17) is 14.9 Å². The summed E-state index contributed by atoms with van der Waals surface area (Å²) >= 11 is 0. The molecule has 0 aromatic heterocycles. The highest BCUT2D eigenvalue weighted by Crippen LogP contribution is 2.44. The highest BCUT2D eigenvalue weighted by atomic mass is 19.3. The standard InChI is InChI=1S/C22H22F2N2O6/c23-22(24,20(30)26-18(9-10-27)19(28)29)12-25-21(31)32-11-17-15-7-3-1-5-13(15)14-6-2-4-8-16(14)17/h1-8,17-18,27H,9-12H2,(H,25,31)(H,26,30)(H,28,29)/t18-/m1/s1. The molecule has 0 bridgehead atoms. The molecule has 8 nitrogen and oxygen atoms in total. The third-order valence-corrected chi connectivity index (χ3v) is 5.15. The average molecular weight is 448 g/mol. The lowest BCUT2D eigenvalue weighted by atomic mass is 9.98. The Morgan fingerprint density at radius 3 is 2.12 bits per heavy atom. The van der Waals surface area contributed by atoms with Crippen molar-refractivity contribution < 1.29 is 38.1 Å². The number of carbonyl (C=O) groups excluding carboxylic acids is 2. The number of alkyl carbamates (subject to hydrolysis) is 1. The van der Waals surface area contributed by atoms with Gasteiger partial charge in [0.15, 0.2) is 0 Å². The van der Waals surface area contributed by atoms with Gasteiger partial charge in [0, 0.05) is 18.9 Å². The second kappa shape index (κ2) is 9.73. The highest BCUT2D eigenvalue weighted by molar-refractivity contribution is 5.88. The van der Waals surface area contributed by atoms with Crippen molar-refractivity contribution in [1.82, 2.24) is 10.6 Å². The van der Waals surface area contributed by atoms with E-state index >= 15 is 0 Å². The van der Waals surface area contributed by atoms with Gasteiger partial charge in [0.25, 0.3) is 5.91 Å². The summed E-state index contributed by atoms with van der Waals surface area (Å²) in [4.78, 5) is 34.7. The molecule has 4 N–H and O–H groups in total. The van der Waals surface area contributed by atoms with Gasteiger partial charge in [-0.05, 0) is 22.3 Å². The molecule has 32 heavy (non-hydrogen) atoms. The topological polar surface area (TPSA) is 125 Å². The Kier molecular flexibility index (Phi) is 7.04. The number of halogens is 2. The van der Waals surface area contributed by atoms with E-state index in [0.717, 1.165) is 22.3 Å². The lowest BCUT2D eigenvalue weighted by Gasteiger charge is -2.20. The minimum atomic E-state index is -4.07. The molecule has 0 spiro atoms. The molecule has 3 rings (SSSR count). The molecule has 0 unspecified atom stereocenters. The van der Waals surface area contributed by atoms with Crippen molar-refractivity contribution in [1.29, 1.82) is 0 Å². The molecule has 1 atom stereocenters. The summed E-state index contributed by atoms with van der Waals surface area (Å²) in [6.07, 6.45) is -1.57. The maximum Gasteiger partial charge on any atom is 0.407 e. The van der Waals surface area contributed by atoms with Crippen LogP contribution in [0.25, 0.3) is 11.1 Å². The maximum absolute atomic E-state index is 14.0. The number of carboxylic acids is 1. The van der Waals surface area contributed by atoms with Gasteiger partial charge in [-0.3, -0.25) is 4.79 Å². The van der Waals surface area contributed by atoms with E-state index in [9.17, 15) is 23.2 Å². The summed E-state index contributed by atoms with van der Waals surface area (Å²) < 4.78 is 33.2. The van der Waals surface area contributed by atoms with Crippen LogP contribution in [-0.2, 0) is 14.3 Å². The maximum atomic E-state index is 14.0. The molecule has 0 fully saturated rings. The number of hydrogen-bond donors (Lipinski definition) is 4. The number of hydrogen-bond acceptors (Lipinski definition) is 5. The van der Waals surface area contributed by atoms with E-state index in [-0.39, 0.29) is 12.5 Å². The lowest BCUT2D eigenvalue weighted by Crippen LogP contribution is -2.53. The molecule has 2 amide bonds. The number of rotatable bonds is 9. The Bertz CT molecular complexity index is 968. The van der Waals surface area contributed by atoms with Crippen LogP contribution in [-0.4, -0.2) is 59.9 Å². The number of ether oxygens (including phenoxy) is 1. The molecular formula is C22H22F2N2O6. The summed E-state index contributed by atoms with van der Waals surface area (Å²) in [7, 11) is 0. The molecule has 0 heterocycles. The van der Waals surface area contributed by atoms with Crippen LogP contribution in [0, 0.1) is 0 Å². The minimum Gasteiger partial charge on any atom is -0.480 e. The summed E-state index contributed by atoms with van der Waals surface area (Å²) in [6.45, 7) is -2.07. The van der Waals surface area contributed by atoms with E-state index in [2.05, 4.69) is 0 Å². The first kappa shape index (κ1) is 23.1. The Balaban J connectivity index is 1.56. The summed E-state index contributed by atoms with van der Waals surface area (Å²) in [5.74, 6) is -7.77. The Morgan fingerprint density at radius 2 is 1.59 bits per heavy atom. The van der Waals surface area contributed by atoms with Gasteiger partial charge in [0.2, 0.25) is 0 Å². The van der Waals surface area contributed by atoms with Gasteiger partial charge >= 0.3 is 18.0 Å². The van der Waals surface area contributed by atoms with Crippen LogP contribution in [0.4, 0.5) is 13.6 Å². The first-order valence-electron chi connectivity index (χ1n) is 9.86. The zero-order valence-electron chi connectivity index (χ0n) is 16.9. The number of aliphatic hydroxyl groups excluding tert-OH is 1. The zero-order valence-corrected chi connectivity index (χ0v) is 16.9. The Labute approximate surface area is 182 Å². The van der Waals surface area contributed by atoms with Gasteiger partial charge in [-0.15, -0.1) is 0 Å². The molecule has 170 valence electrons. The third-order valence-electron chi connectivity index (χ3n) is 5.15. The van der Waals surface area contributed by atoms with Gasteiger partial charge in [-0.2, -0.15) is 8.78 Å². The van der Waals surface area contributed by atoms with E-state index in [1.807, 2.05) is 53.8 Å². The van der Waals surface area contributed by atoms with E-state index < -0.39 is 49.5 Å². The third kappa shape index (κ3) is 5.02. The second-order valence-electron chi connectivity index (χ2n) is 7.26. The number of carboxylic acid groups (broad SMARTS) is 1.